The number of likely N-dealkylation sites (tertiary alicyclic amines) is 1. The van der Waals surface area contributed by atoms with Crippen molar-refractivity contribution in [1.82, 2.24) is 5.32 Å². The molecule has 0 aliphatic carbocycles. The van der Waals surface area contributed by atoms with Crippen LogP contribution in [0.3, 0.4) is 0 Å². The Kier molecular flexibility index (Phi) is 7.38. The first-order valence-electron chi connectivity index (χ1n) is 10.3. The highest BCUT2D eigenvalue weighted by molar-refractivity contribution is 5.99. The molecular weight excluding hydrogens is 378 g/mol. The van der Waals surface area contributed by atoms with Crippen LogP contribution in [0.5, 0.6) is 0 Å². The number of nitrogens with zero attached hydrogens (tertiary/aromatic N) is 1. The number of quaternary nitrogens is 1. The van der Waals surface area contributed by atoms with Gasteiger partial charge in [-0.15, -0.1) is 0 Å². The molecule has 30 heavy (non-hydrogen) atoms. The topological polar surface area (TPSA) is 67.4 Å². The maximum absolute atomic E-state index is 13.1. The van der Waals surface area contributed by atoms with Gasteiger partial charge in [-0.1, -0.05) is 30.3 Å². The highest BCUT2D eigenvalue weighted by Crippen LogP contribution is 2.22. The summed E-state index contributed by atoms with van der Waals surface area (Å²) >= 11 is 0. The monoisotopic (exact) mass is 408 g/mol. The van der Waals surface area contributed by atoms with Gasteiger partial charge in [0.1, 0.15) is 0 Å². The summed E-state index contributed by atoms with van der Waals surface area (Å²) in [5.41, 5.74) is 2.59. The molecule has 1 aliphatic rings. The van der Waals surface area contributed by atoms with Gasteiger partial charge in [0.05, 0.1) is 39.1 Å². The summed E-state index contributed by atoms with van der Waals surface area (Å²) in [6.07, 6.45) is 4.56. The van der Waals surface area contributed by atoms with Gasteiger partial charge >= 0.3 is 5.91 Å². The van der Waals surface area contributed by atoms with Crippen molar-refractivity contribution in [3.63, 3.8) is 0 Å². The molecule has 1 saturated heterocycles. The van der Waals surface area contributed by atoms with E-state index in [1.54, 1.807) is 24.3 Å². The second kappa shape index (κ2) is 10.2. The van der Waals surface area contributed by atoms with Gasteiger partial charge in [-0.25, -0.2) is 4.79 Å². The summed E-state index contributed by atoms with van der Waals surface area (Å²) in [5.74, 6) is -0.159. The number of ether oxygens (including phenoxy) is 1. The Morgan fingerprint density at radius 3 is 2.37 bits per heavy atom. The normalized spacial score (nSPS) is 21.3. The third kappa shape index (κ3) is 5.78. The molecular formula is C24H30N3O3+. The summed E-state index contributed by atoms with van der Waals surface area (Å²) < 4.78 is 5.14. The number of carbonyl (C=O) groups excluding carboxylic acids is 2. The maximum atomic E-state index is 13.1. The molecule has 0 radical (unpaired) electrons. The molecule has 0 bridgehead atoms. The van der Waals surface area contributed by atoms with Crippen LogP contribution in [0.25, 0.3) is 0 Å². The van der Waals surface area contributed by atoms with E-state index in [2.05, 4.69) is 34.9 Å². The average Bonchev–Trinajstić information content (AvgIpc) is 2.78. The van der Waals surface area contributed by atoms with E-state index in [0.717, 1.165) is 32.5 Å². The number of piperidine rings is 1. The maximum Gasteiger partial charge on any atom is 0.345 e. The van der Waals surface area contributed by atoms with Crippen LogP contribution in [0.2, 0.25) is 0 Å². The predicted molar refractivity (Wildman–Crippen MR) is 118 cm³/mol. The Labute approximate surface area is 178 Å². The number of hydrogen-bond donors (Lipinski definition) is 2. The largest absolute Gasteiger partial charge is 0.504 e. The molecule has 0 unspecified atom stereocenters. The Bertz CT molecular complexity index is 870. The van der Waals surface area contributed by atoms with Crippen molar-refractivity contribution in [3.8, 4) is 0 Å². The fraction of sp³-hybridized carbons (Fsp3) is 0.333. The number of carbonyl (C=O) groups is 2. The van der Waals surface area contributed by atoms with Crippen LogP contribution in [0, 0.1) is 0 Å². The first kappa shape index (κ1) is 21.7. The lowest BCUT2D eigenvalue weighted by Gasteiger charge is -2.38. The lowest BCUT2D eigenvalue weighted by molar-refractivity contribution is -0.834. The number of rotatable bonds is 7. The Balaban J connectivity index is 1.52. The molecule has 158 valence electrons. The molecule has 6 nitrogen and oxygen atoms in total. The van der Waals surface area contributed by atoms with Crippen molar-refractivity contribution in [1.29, 1.82) is 0 Å². The van der Waals surface area contributed by atoms with Crippen molar-refractivity contribution >= 4 is 17.5 Å². The summed E-state index contributed by atoms with van der Waals surface area (Å²) in [7, 11) is 3.50. The number of hydrogen-bond acceptors (Lipinski definition) is 4. The van der Waals surface area contributed by atoms with Crippen LogP contribution in [0.1, 0.15) is 28.8 Å². The molecule has 1 aliphatic heterocycles. The molecule has 0 saturated carbocycles. The van der Waals surface area contributed by atoms with E-state index >= 15 is 0 Å². The third-order valence-electron chi connectivity index (χ3n) is 5.63. The van der Waals surface area contributed by atoms with Crippen LogP contribution >= 0.6 is 0 Å². The van der Waals surface area contributed by atoms with Crippen molar-refractivity contribution in [3.05, 3.63) is 78.1 Å². The SMILES string of the molecule is COC=CC(=O)Nc1ccc(C(=O)[N+]2(C)CCC(NCc3ccccc3)CC2)cc1. The number of nitrogens with one attached hydrogen (secondary N) is 2. The second-order valence-corrected chi connectivity index (χ2v) is 7.89. The van der Waals surface area contributed by atoms with E-state index in [9.17, 15) is 9.59 Å². The van der Waals surface area contributed by atoms with Crippen LogP contribution in [0.4, 0.5) is 5.69 Å². The summed E-state index contributed by atoms with van der Waals surface area (Å²) in [4.78, 5) is 24.8. The zero-order chi connectivity index (χ0) is 21.4. The fourth-order valence-corrected chi connectivity index (χ4v) is 3.72. The van der Waals surface area contributed by atoms with Gasteiger partial charge in [0, 0.05) is 37.2 Å². The van der Waals surface area contributed by atoms with E-state index in [-0.39, 0.29) is 11.8 Å². The minimum atomic E-state index is -0.278. The predicted octanol–water partition coefficient (Wildman–Crippen LogP) is 3.32. The third-order valence-corrected chi connectivity index (χ3v) is 5.63. The van der Waals surface area contributed by atoms with Gasteiger partial charge in [0.25, 0.3) is 5.91 Å². The molecule has 2 aromatic rings. The molecule has 0 aromatic heterocycles. The number of methoxy groups -OCH3 is 1. The molecule has 0 spiro atoms. The minimum absolute atomic E-state index is 0.119. The standard InChI is InChI=1S/C24H29N3O3/c1-27(15-12-21(13-16-27)25-18-19-6-4-3-5-7-19)24(29)20-8-10-22(11-9-20)26-23(28)14-17-30-2/h3-11,14,17,21,25H,12-13,15-16,18H2,1-2H3/p+1. The van der Waals surface area contributed by atoms with Gasteiger partial charge in [0.2, 0.25) is 0 Å². The highest BCUT2D eigenvalue weighted by atomic mass is 16.5. The Morgan fingerprint density at radius 2 is 1.73 bits per heavy atom. The summed E-state index contributed by atoms with van der Waals surface area (Å²) in [6, 6.07) is 17.9. The van der Waals surface area contributed by atoms with Gasteiger partial charge in [-0.3, -0.25) is 9.28 Å². The molecule has 6 heteroatoms. The quantitative estimate of drug-likeness (QED) is 0.419. The summed E-state index contributed by atoms with van der Waals surface area (Å²) in [6.45, 7) is 2.48. The highest BCUT2D eigenvalue weighted by Gasteiger charge is 2.37. The molecule has 0 atom stereocenters. The lowest BCUT2D eigenvalue weighted by atomic mass is 10.0. The van der Waals surface area contributed by atoms with E-state index < -0.39 is 0 Å². The lowest BCUT2D eigenvalue weighted by Crippen LogP contribution is -2.56. The van der Waals surface area contributed by atoms with Gasteiger partial charge < -0.3 is 15.4 Å². The van der Waals surface area contributed by atoms with Crippen molar-refractivity contribution < 1.29 is 18.8 Å². The van der Waals surface area contributed by atoms with Gasteiger partial charge in [-0.2, -0.15) is 0 Å². The molecule has 1 heterocycles. The number of anilines is 1. The van der Waals surface area contributed by atoms with Crippen LogP contribution < -0.4 is 10.6 Å². The first-order valence-corrected chi connectivity index (χ1v) is 10.3. The van der Waals surface area contributed by atoms with Gasteiger partial charge in [0.15, 0.2) is 0 Å². The van der Waals surface area contributed by atoms with Gasteiger partial charge in [-0.05, 0) is 29.8 Å². The van der Waals surface area contributed by atoms with Crippen molar-refractivity contribution in [2.45, 2.75) is 25.4 Å². The van der Waals surface area contributed by atoms with E-state index in [4.69, 9.17) is 4.74 Å². The molecule has 2 amide bonds. The first-order chi connectivity index (χ1) is 14.5. The van der Waals surface area contributed by atoms with E-state index in [1.165, 1.54) is 25.0 Å². The fourth-order valence-electron chi connectivity index (χ4n) is 3.72. The number of benzene rings is 2. The zero-order valence-electron chi connectivity index (χ0n) is 17.6. The van der Waals surface area contributed by atoms with E-state index in [0.29, 0.717) is 21.8 Å². The zero-order valence-corrected chi connectivity index (χ0v) is 17.6. The minimum Gasteiger partial charge on any atom is -0.504 e. The van der Waals surface area contributed by atoms with Crippen LogP contribution in [-0.2, 0) is 16.1 Å². The smallest absolute Gasteiger partial charge is 0.345 e. The molecule has 1 fully saturated rings. The van der Waals surface area contributed by atoms with Crippen molar-refractivity contribution in [2.24, 2.45) is 0 Å². The molecule has 3 rings (SSSR count). The van der Waals surface area contributed by atoms with Crippen LogP contribution in [0.15, 0.2) is 66.9 Å². The average molecular weight is 409 g/mol. The van der Waals surface area contributed by atoms with Crippen molar-refractivity contribution in [2.75, 3.05) is 32.6 Å². The number of amides is 2. The molecule has 2 N–H and O–H groups in total. The second-order valence-electron chi connectivity index (χ2n) is 7.89. The van der Waals surface area contributed by atoms with Crippen LogP contribution in [-0.4, -0.2) is 49.6 Å². The van der Waals surface area contributed by atoms with E-state index in [1.807, 2.05) is 13.1 Å². The summed E-state index contributed by atoms with van der Waals surface area (Å²) in [5, 5.41) is 6.35. The Morgan fingerprint density at radius 1 is 1.07 bits per heavy atom. The Hall–Kier alpha value is -2.96. The molecule has 2 aromatic carbocycles.